The van der Waals surface area contributed by atoms with Crippen LogP contribution in [0.5, 0.6) is 0 Å². The van der Waals surface area contributed by atoms with E-state index in [9.17, 15) is 21.6 Å². The molecule has 0 spiro atoms. The number of nitrogens with two attached hydrogens (primary N) is 1. The smallest absolute Gasteiger partial charge is 0.389 e. The molecule has 0 aliphatic rings. The van der Waals surface area contributed by atoms with Crippen LogP contribution in [0.4, 0.5) is 13.2 Å². The highest BCUT2D eigenvalue weighted by molar-refractivity contribution is 7.89. The predicted octanol–water partition coefficient (Wildman–Crippen LogP) is 0.385. The molecular weight excluding hydrogens is 263 g/mol. The van der Waals surface area contributed by atoms with Gasteiger partial charge >= 0.3 is 6.18 Å². The second-order valence-electron chi connectivity index (χ2n) is 3.27. The van der Waals surface area contributed by atoms with Crippen LogP contribution in [0.1, 0.15) is 19.3 Å². The molecule has 10 heteroatoms. The van der Waals surface area contributed by atoms with Crippen molar-refractivity contribution in [3.63, 3.8) is 0 Å². The van der Waals surface area contributed by atoms with E-state index in [-0.39, 0.29) is 18.8 Å². The summed E-state index contributed by atoms with van der Waals surface area (Å²) in [6, 6.07) is 0. The summed E-state index contributed by atoms with van der Waals surface area (Å²) in [5.74, 6) is -0.772. The van der Waals surface area contributed by atoms with Crippen LogP contribution in [0.3, 0.4) is 0 Å². The molecule has 0 aromatic rings. The van der Waals surface area contributed by atoms with E-state index in [4.69, 9.17) is 10.9 Å². The van der Waals surface area contributed by atoms with E-state index in [2.05, 4.69) is 5.16 Å². The lowest BCUT2D eigenvalue weighted by Crippen LogP contribution is -2.30. The van der Waals surface area contributed by atoms with Crippen LogP contribution < -0.4 is 10.5 Å². The monoisotopic (exact) mass is 277 g/mol. The Kier molecular flexibility index (Phi) is 6.24. The van der Waals surface area contributed by atoms with Crippen molar-refractivity contribution in [2.45, 2.75) is 25.4 Å². The molecule has 0 saturated carbocycles. The first-order chi connectivity index (χ1) is 7.66. The van der Waals surface area contributed by atoms with Crippen molar-refractivity contribution in [2.24, 2.45) is 10.9 Å². The van der Waals surface area contributed by atoms with Crippen LogP contribution in [-0.2, 0) is 10.0 Å². The molecule has 0 amide bonds. The molecule has 0 heterocycles. The Morgan fingerprint density at radius 3 is 2.47 bits per heavy atom. The zero-order valence-electron chi connectivity index (χ0n) is 8.87. The SMILES string of the molecule is NC(CCNS(=O)(=O)CCCC(F)(F)F)=NO. The Balaban J connectivity index is 3.89. The molecule has 0 saturated heterocycles. The van der Waals surface area contributed by atoms with E-state index in [0.717, 1.165) is 0 Å². The van der Waals surface area contributed by atoms with Crippen molar-refractivity contribution in [1.82, 2.24) is 4.72 Å². The second kappa shape index (κ2) is 6.64. The van der Waals surface area contributed by atoms with Crippen LogP contribution in [0.15, 0.2) is 5.16 Å². The highest BCUT2D eigenvalue weighted by Gasteiger charge is 2.27. The van der Waals surface area contributed by atoms with Gasteiger partial charge in [-0.05, 0) is 6.42 Å². The topological polar surface area (TPSA) is 105 Å². The molecule has 0 aromatic carbocycles. The lowest BCUT2D eigenvalue weighted by Gasteiger charge is -2.07. The predicted molar refractivity (Wildman–Crippen MR) is 55.1 cm³/mol. The molecule has 0 unspecified atom stereocenters. The van der Waals surface area contributed by atoms with Gasteiger partial charge in [0.2, 0.25) is 10.0 Å². The van der Waals surface area contributed by atoms with Crippen molar-refractivity contribution in [3.8, 4) is 0 Å². The van der Waals surface area contributed by atoms with Crippen LogP contribution in [-0.4, -0.2) is 37.9 Å². The van der Waals surface area contributed by atoms with E-state index in [1.54, 1.807) is 0 Å². The number of halogens is 3. The zero-order valence-corrected chi connectivity index (χ0v) is 9.68. The highest BCUT2D eigenvalue weighted by atomic mass is 32.2. The van der Waals surface area contributed by atoms with Crippen LogP contribution in [0, 0.1) is 0 Å². The van der Waals surface area contributed by atoms with Crippen LogP contribution in [0.2, 0.25) is 0 Å². The van der Waals surface area contributed by atoms with Gasteiger partial charge in [-0.1, -0.05) is 5.16 Å². The summed E-state index contributed by atoms with van der Waals surface area (Å²) in [5, 5.41) is 10.8. The minimum atomic E-state index is -4.36. The fourth-order valence-electron chi connectivity index (χ4n) is 0.919. The van der Waals surface area contributed by atoms with E-state index in [1.807, 2.05) is 4.72 Å². The van der Waals surface area contributed by atoms with Gasteiger partial charge in [0.25, 0.3) is 0 Å². The highest BCUT2D eigenvalue weighted by Crippen LogP contribution is 2.21. The van der Waals surface area contributed by atoms with Gasteiger partial charge in [0.1, 0.15) is 5.84 Å². The molecule has 0 aliphatic carbocycles. The average Bonchev–Trinajstić information content (AvgIpc) is 2.14. The van der Waals surface area contributed by atoms with Crippen LogP contribution >= 0.6 is 0 Å². The number of sulfonamides is 1. The standard InChI is InChI=1S/C7H14F3N3O3S/c8-7(9,10)3-1-5-17(15,16)12-4-2-6(11)13-14/h12,14H,1-5H2,(H2,11,13). The maximum Gasteiger partial charge on any atom is 0.389 e. The van der Waals surface area contributed by atoms with Gasteiger partial charge in [-0.2, -0.15) is 13.2 Å². The third-order valence-corrected chi connectivity index (χ3v) is 3.17. The zero-order chi connectivity index (χ0) is 13.5. The number of rotatable bonds is 7. The quantitative estimate of drug-likeness (QED) is 0.271. The first kappa shape index (κ1) is 16.0. The fourth-order valence-corrected chi connectivity index (χ4v) is 2.00. The van der Waals surface area contributed by atoms with Gasteiger partial charge in [0, 0.05) is 19.4 Å². The molecule has 0 bridgehead atoms. The molecule has 6 nitrogen and oxygen atoms in total. The van der Waals surface area contributed by atoms with Crippen molar-refractivity contribution in [2.75, 3.05) is 12.3 Å². The molecule has 0 radical (unpaired) electrons. The van der Waals surface area contributed by atoms with E-state index >= 15 is 0 Å². The van der Waals surface area contributed by atoms with Crippen molar-refractivity contribution in [3.05, 3.63) is 0 Å². The fraction of sp³-hybridized carbons (Fsp3) is 0.857. The van der Waals surface area contributed by atoms with Gasteiger partial charge in [-0.3, -0.25) is 0 Å². The number of hydrogen-bond acceptors (Lipinski definition) is 4. The largest absolute Gasteiger partial charge is 0.409 e. The third-order valence-electron chi connectivity index (χ3n) is 1.70. The third kappa shape index (κ3) is 9.87. The summed E-state index contributed by atoms with van der Waals surface area (Å²) in [4.78, 5) is 0. The minimum Gasteiger partial charge on any atom is -0.409 e. The summed E-state index contributed by atoms with van der Waals surface area (Å²) < 4.78 is 59.7. The van der Waals surface area contributed by atoms with Crippen LogP contribution in [0.25, 0.3) is 0 Å². The lowest BCUT2D eigenvalue weighted by molar-refractivity contribution is -0.134. The molecule has 0 atom stereocenters. The Bertz CT molecular complexity index is 353. The van der Waals surface area contributed by atoms with Gasteiger partial charge < -0.3 is 10.9 Å². The Morgan fingerprint density at radius 2 is 2.00 bits per heavy atom. The first-order valence-electron chi connectivity index (χ1n) is 4.67. The molecule has 0 aromatic heterocycles. The first-order valence-corrected chi connectivity index (χ1v) is 6.32. The normalized spacial score (nSPS) is 13.9. The van der Waals surface area contributed by atoms with E-state index < -0.39 is 34.8 Å². The maximum atomic E-state index is 11.8. The maximum absolute atomic E-state index is 11.8. The Morgan fingerprint density at radius 1 is 1.41 bits per heavy atom. The Hall–Kier alpha value is -1.03. The van der Waals surface area contributed by atoms with Gasteiger partial charge in [0.15, 0.2) is 0 Å². The van der Waals surface area contributed by atoms with E-state index in [1.165, 1.54) is 0 Å². The summed E-state index contributed by atoms with van der Waals surface area (Å²) in [6.07, 6.45) is -6.02. The molecule has 0 rings (SSSR count). The number of hydrogen-bond donors (Lipinski definition) is 3. The lowest BCUT2D eigenvalue weighted by atomic mass is 10.3. The molecular formula is C7H14F3N3O3S. The number of oxime groups is 1. The Labute approximate surface area is 96.7 Å². The molecule has 4 N–H and O–H groups in total. The number of alkyl halides is 3. The average molecular weight is 277 g/mol. The number of nitrogens with one attached hydrogen (secondary N) is 1. The molecule has 17 heavy (non-hydrogen) atoms. The van der Waals surface area contributed by atoms with Crippen molar-refractivity contribution in [1.29, 1.82) is 0 Å². The number of amidine groups is 1. The van der Waals surface area contributed by atoms with Crippen molar-refractivity contribution >= 4 is 15.9 Å². The summed E-state index contributed by atoms with van der Waals surface area (Å²) in [6.45, 7) is -0.121. The molecule has 0 aliphatic heterocycles. The molecule has 0 fully saturated rings. The van der Waals surface area contributed by atoms with Gasteiger partial charge in [0.05, 0.1) is 5.75 Å². The minimum absolute atomic E-state index is 0.0188. The summed E-state index contributed by atoms with van der Waals surface area (Å²) in [7, 11) is -3.75. The van der Waals surface area contributed by atoms with Gasteiger partial charge in [-0.25, -0.2) is 13.1 Å². The van der Waals surface area contributed by atoms with Crippen molar-refractivity contribution < 1.29 is 26.8 Å². The summed E-state index contributed by atoms with van der Waals surface area (Å²) in [5.41, 5.74) is 5.08. The number of nitrogens with zero attached hydrogens (tertiary/aromatic N) is 1. The van der Waals surface area contributed by atoms with E-state index in [0.29, 0.717) is 0 Å². The van der Waals surface area contributed by atoms with Gasteiger partial charge in [-0.15, -0.1) is 0 Å². The second-order valence-corrected chi connectivity index (χ2v) is 5.20. The molecule has 102 valence electrons. The summed E-state index contributed by atoms with van der Waals surface area (Å²) >= 11 is 0.